The lowest BCUT2D eigenvalue weighted by Gasteiger charge is -2.16. The van der Waals surface area contributed by atoms with Crippen LogP contribution in [0.4, 0.5) is 0 Å². The summed E-state index contributed by atoms with van der Waals surface area (Å²) in [6, 6.07) is 10.6. The molecule has 3 N–H and O–H groups in total. The Hall–Kier alpha value is -0.860. The molecule has 0 heterocycles. The minimum Gasteiger partial charge on any atom is -0.330 e. The number of unbranched alkanes of at least 4 members (excludes halogenated alkanes) is 5. The zero-order chi connectivity index (χ0) is 13.8. The molecule has 0 bridgehead atoms. The van der Waals surface area contributed by atoms with Crippen LogP contribution in [0.15, 0.2) is 30.3 Å². The summed E-state index contributed by atoms with van der Waals surface area (Å²) in [5.74, 6) is 0.446. The van der Waals surface area contributed by atoms with E-state index in [-0.39, 0.29) is 0 Å². The molecule has 0 aromatic heterocycles. The van der Waals surface area contributed by atoms with Crippen LogP contribution in [0.1, 0.15) is 56.9 Å². The molecular weight excluding hydrogens is 232 g/mol. The van der Waals surface area contributed by atoms with E-state index in [1.54, 1.807) is 0 Å². The molecule has 0 fully saturated rings. The van der Waals surface area contributed by atoms with Gasteiger partial charge in [-0.15, -0.1) is 0 Å². The van der Waals surface area contributed by atoms with Crippen molar-refractivity contribution in [2.75, 3.05) is 19.6 Å². The first-order valence-electron chi connectivity index (χ1n) is 7.84. The Morgan fingerprint density at radius 2 is 1.68 bits per heavy atom. The molecule has 19 heavy (non-hydrogen) atoms. The molecule has 0 spiro atoms. The maximum atomic E-state index is 5.86. The molecule has 0 amide bonds. The molecule has 2 heteroatoms. The first-order valence-corrected chi connectivity index (χ1v) is 7.84. The Balaban J connectivity index is 2.07. The molecule has 1 aromatic rings. The Morgan fingerprint density at radius 3 is 2.37 bits per heavy atom. The number of hydrogen-bond acceptors (Lipinski definition) is 2. The third kappa shape index (κ3) is 7.34. The maximum Gasteiger partial charge on any atom is 0.00863 e. The topological polar surface area (TPSA) is 38.0 Å². The molecule has 1 atom stereocenters. The van der Waals surface area contributed by atoms with Gasteiger partial charge in [0, 0.05) is 19.0 Å². The summed E-state index contributed by atoms with van der Waals surface area (Å²) in [7, 11) is 0. The van der Waals surface area contributed by atoms with E-state index in [0.29, 0.717) is 12.5 Å². The van der Waals surface area contributed by atoms with Crippen molar-refractivity contribution in [3.05, 3.63) is 35.9 Å². The van der Waals surface area contributed by atoms with Crippen molar-refractivity contribution in [2.45, 2.75) is 51.4 Å². The fraction of sp³-hybridized carbons (Fsp3) is 0.647. The van der Waals surface area contributed by atoms with Gasteiger partial charge in [0.25, 0.3) is 0 Å². The Bertz CT molecular complexity index is 297. The highest BCUT2D eigenvalue weighted by Gasteiger charge is 2.07. The molecule has 1 rings (SSSR count). The molecule has 1 aromatic carbocycles. The normalized spacial score (nSPS) is 12.5. The Labute approximate surface area is 118 Å². The smallest absolute Gasteiger partial charge is 0.00863 e. The minimum absolute atomic E-state index is 0.446. The average Bonchev–Trinajstić information content (AvgIpc) is 2.47. The van der Waals surface area contributed by atoms with Crippen LogP contribution in [0.3, 0.4) is 0 Å². The van der Waals surface area contributed by atoms with Gasteiger partial charge < -0.3 is 11.1 Å². The highest BCUT2D eigenvalue weighted by Crippen LogP contribution is 2.12. The van der Waals surface area contributed by atoms with E-state index in [1.165, 1.54) is 44.1 Å². The van der Waals surface area contributed by atoms with Gasteiger partial charge >= 0.3 is 0 Å². The number of nitrogens with two attached hydrogens (primary N) is 1. The quantitative estimate of drug-likeness (QED) is 0.597. The zero-order valence-electron chi connectivity index (χ0n) is 12.4. The summed E-state index contributed by atoms with van der Waals surface area (Å²) >= 11 is 0. The molecule has 0 aliphatic rings. The molecule has 0 saturated carbocycles. The van der Waals surface area contributed by atoms with Gasteiger partial charge in [-0.25, -0.2) is 0 Å². The Kier molecular flexibility index (Phi) is 9.38. The van der Waals surface area contributed by atoms with Crippen LogP contribution in [-0.4, -0.2) is 19.6 Å². The molecule has 0 aliphatic carbocycles. The third-order valence-electron chi connectivity index (χ3n) is 3.65. The summed E-state index contributed by atoms with van der Waals surface area (Å²) < 4.78 is 0. The van der Waals surface area contributed by atoms with Crippen LogP contribution in [0, 0.1) is 0 Å². The van der Waals surface area contributed by atoms with Gasteiger partial charge in [0.15, 0.2) is 0 Å². The molecule has 1 unspecified atom stereocenters. The van der Waals surface area contributed by atoms with Gasteiger partial charge in [-0.05, 0) is 18.5 Å². The van der Waals surface area contributed by atoms with Crippen molar-refractivity contribution in [3.63, 3.8) is 0 Å². The van der Waals surface area contributed by atoms with Crippen LogP contribution >= 0.6 is 0 Å². The van der Waals surface area contributed by atoms with E-state index in [1.807, 2.05) is 0 Å². The van der Waals surface area contributed by atoms with Crippen molar-refractivity contribution in [3.8, 4) is 0 Å². The lowest BCUT2D eigenvalue weighted by atomic mass is 9.99. The standard InChI is InChI=1S/C17H30N2/c1-2-3-4-5-6-10-13-19-15-17(14-18)16-11-8-7-9-12-16/h7-9,11-12,17,19H,2-6,10,13-15,18H2,1H3. The second-order valence-corrected chi connectivity index (χ2v) is 5.32. The number of nitrogens with one attached hydrogen (secondary N) is 1. The van der Waals surface area contributed by atoms with Crippen LogP contribution in [0.25, 0.3) is 0 Å². The van der Waals surface area contributed by atoms with Gasteiger partial charge in [0.2, 0.25) is 0 Å². The number of benzene rings is 1. The third-order valence-corrected chi connectivity index (χ3v) is 3.65. The molecule has 2 nitrogen and oxygen atoms in total. The van der Waals surface area contributed by atoms with E-state index in [0.717, 1.165) is 13.1 Å². The molecule has 0 radical (unpaired) electrons. The summed E-state index contributed by atoms with van der Waals surface area (Å²) in [5, 5.41) is 3.55. The number of hydrogen-bond donors (Lipinski definition) is 2. The fourth-order valence-corrected chi connectivity index (χ4v) is 2.37. The molecule has 108 valence electrons. The van der Waals surface area contributed by atoms with Gasteiger partial charge in [-0.1, -0.05) is 69.4 Å². The van der Waals surface area contributed by atoms with Crippen molar-refractivity contribution in [1.82, 2.24) is 5.32 Å². The highest BCUT2D eigenvalue weighted by molar-refractivity contribution is 5.20. The van der Waals surface area contributed by atoms with Crippen LogP contribution in [-0.2, 0) is 0 Å². The minimum atomic E-state index is 0.446. The van der Waals surface area contributed by atoms with Gasteiger partial charge in [-0.3, -0.25) is 0 Å². The van der Waals surface area contributed by atoms with Crippen molar-refractivity contribution in [2.24, 2.45) is 5.73 Å². The lowest BCUT2D eigenvalue weighted by Crippen LogP contribution is -2.27. The van der Waals surface area contributed by atoms with Gasteiger partial charge in [0.1, 0.15) is 0 Å². The van der Waals surface area contributed by atoms with E-state index in [9.17, 15) is 0 Å². The van der Waals surface area contributed by atoms with Crippen LogP contribution in [0.5, 0.6) is 0 Å². The summed E-state index contributed by atoms with van der Waals surface area (Å²) in [5.41, 5.74) is 7.21. The SMILES string of the molecule is CCCCCCCCNCC(CN)c1ccccc1. The summed E-state index contributed by atoms with van der Waals surface area (Å²) in [4.78, 5) is 0. The lowest BCUT2D eigenvalue weighted by molar-refractivity contribution is 0.543. The number of rotatable bonds is 11. The second-order valence-electron chi connectivity index (χ2n) is 5.32. The molecular formula is C17H30N2. The fourth-order valence-electron chi connectivity index (χ4n) is 2.37. The van der Waals surface area contributed by atoms with Gasteiger partial charge in [0.05, 0.1) is 0 Å². The summed E-state index contributed by atoms with van der Waals surface area (Å²) in [6.07, 6.45) is 8.13. The summed E-state index contributed by atoms with van der Waals surface area (Å²) in [6.45, 7) is 5.09. The average molecular weight is 262 g/mol. The highest BCUT2D eigenvalue weighted by atomic mass is 14.9. The van der Waals surface area contributed by atoms with Crippen LogP contribution < -0.4 is 11.1 Å². The predicted octanol–water partition coefficient (Wildman–Crippen LogP) is 3.68. The first kappa shape index (κ1) is 16.2. The largest absolute Gasteiger partial charge is 0.330 e. The van der Waals surface area contributed by atoms with E-state index in [2.05, 4.69) is 42.6 Å². The predicted molar refractivity (Wildman–Crippen MR) is 84.5 cm³/mol. The van der Waals surface area contributed by atoms with E-state index >= 15 is 0 Å². The van der Waals surface area contributed by atoms with Gasteiger partial charge in [-0.2, -0.15) is 0 Å². The Morgan fingerprint density at radius 1 is 1.00 bits per heavy atom. The molecule has 0 saturated heterocycles. The van der Waals surface area contributed by atoms with Crippen molar-refractivity contribution in [1.29, 1.82) is 0 Å². The first-order chi connectivity index (χ1) is 9.38. The second kappa shape index (κ2) is 11.0. The van der Waals surface area contributed by atoms with Crippen LogP contribution in [0.2, 0.25) is 0 Å². The van der Waals surface area contributed by atoms with Crippen molar-refractivity contribution >= 4 is 0 Å². The maximum absolute atomic E-state index is 5.86. The monoisotopic (exact) mass is 262 g/mol. The molecule has 0 aliphatic heterocycles. The van der Waals surface area contributed by atoms with E-state index in [4.69, 9.17) is 5.73 Å². The van der Waals surface area contributed by atoms with Crippen molar-refractivity contribution < 1.29 is 0 Å². The van der Waals surface area contributed by atoms with E-state index < -0.39 is 0 Å². The zero-order valence-corrected chi connectivity index (χ0v) is 12.4.